The first-order valence-electron chi connectivity index (χ1n) is 11.4. The molecule has 1 N–H and O–H groups in total. The Labute approximate surface area is 178 Å². The highest BCUT2D eigenvalue weighted by molar-refractivity contribution is 6.25. The minimum absolute atomic E-state index is 0.368. The van der Waals surface area contributed by atoms with E-state index in [1.54, 1.807) is 0 Å². The first-order valence-corrected chi connectivity index (χ1v) is 11.4. The van der Waals surface area contributed by atoms with Gasteiger partial charge in [0.2, 0.25) is 0 Å². The summed E-state index contributed by atoms with van der Waals surface area (Å²) < 4.78 is 5.43. The van der Waals surface area contributed by atoms with E-state index in [4.69, 9.17) is 4.74 Å². The number of nitrogens with one attached hydrogen (secondary N) is 1. The number of amides is 1. The molecule has 0 spiro atoms. The summed E-state index contributed by atoms with van der Waals surface area (Å²) in [6, 6.07) is 18.9. The normalized spacial score (nSPS) is 11.5. The molecule has 1 amide bonds. The highest BCUT2D eigenvalue weighted by atomic mass is 16.5. The van der Waals surface area contributed by atoms with Crippen molar-refractivity contribution >= 4 is 44.1 Å². The van der Waals surface area contributed by atoms with Crippen molar-refractivity contribution in [3.05, 3.63) is 54.6 Å². The lowest BCUT2D eigenvalue weighted by Crippen LogP contribution is -2.14. The molecule has 156 valence electrons. The van der Waals surface area contributed by atoms with Gasteiger partial charge in [-0.3, -0.25) is 5.32 Å². The molecule has 0 aromatic heterocycles. The molecule has 4 rings (SSSR count). The van der Waals surface area contributed by atoms with Gasteiger partial charge in [-0.15, -0.1) is 0 Å². The Bertz CT molecular complexity index is 1100. The maximum Gasteiger partial charge on any atom is 0.411 e. The number of hydrogen-bond acceptors (Lipinski definition) is 2. The summed E-state index contributed by atoms with van der Waals surface area (Å²) in [5, 5.41) is 10.1. The van der Waals surface area contributed by atoms with Crippen molar-refractivity contribution in [3.63, 3.8) is 0 Å². The van der Waals surface area contributed by atoms with Crippen molar-refractivity contribution in [1.29, 1.82) is 0 Å². The third kappa shape index (κ3) is 4.51. The molecule has 0 heterocycles. The van der Waals surface area contributed by atoms with Crippen LogP contribution in [0.4, 0.5) is 10.5 Å². The molecular weight excluding hydrogens is 370 g/mol. The average molecular weight is 402 g/mol. The molecule has 3 heteroatoms. The third-order valence-corrected chi connectivity index (χ3v) is 6.00. The van der Waals surface area contributed by atoms with Gasteiger partial charge in [-0.2, -0.15) is 0 Å². The molecule has 0 radical (unpaired) electrons. The van der Waals surface area contributed by atoms with Crippen LogP contribution in [-0.2, 0) is 4.74 Å². The molecule has 3 nitrogen and oxygen atoms in total. The maximum atomic E-state index is 12.3. The summed E-state index contributed by atoms with van der Waals surface area (Å²) in [4.78, 5) is 12.3. The van der Waals surface area contributed by atoms with Crippen molar-refractivity contribution in [3.8, 4) is 0 Å². The zero-order valence-electron chi connectivity index (χ0n) is 17.9. The van der Waals surface area contributed by atoms with Gasteiger partial charge in [0.1, 0.15) is 0 Å². The molecule has 0 aliphatic carbocycles. The quantitative estimate of drug-likeness (QED) is 0.214. The van der Waals surface area contributed by atoms with E-state index in [9.17, 15) is 4.79 Å². The predicted octanol–water partition coefficient (Wildman–Crippen LogP) is 8.27. The molecule has 0 saturated heterocycles. The zero-order chi connectivity index (χ0) is 20.8. The molecule has 0 aliphatic heterocycles. The second-order valence-corrected chi connectivity index (χ2v) is 8.20. The first-order chi connectivity index (χ1) is 14.8. The fraction of sp³-hybridized carbons (Fsp3) is 0.370. The summed E-state index contributed by atoms with van der Waals surface area (Å²) in [6.07, 6.45) is 9.49. The molecule has 0 unspecified atom stereocenters. The zero-order valence-corrected chi connectivity index (χ0v) is 17.9. The van der Waals surface area contributed by atoms with Gasteiger partial charge in [-0.1, -0.05) is 100 Å². The van der Waals surface area contributed by atoms with Crippen molar-refractivity contribution < 1.29 is 9.53 Å². The fourth-order valence-corrected chi connectivity index (χ4v) is 4.39. The predicted molar refractivity (Wildman–Crippen MR) is 128 cm³/mol. The van der Waals surface area contributed by atoms with Crippen LogP contribution in [0.15, 0.2) is 54.6 Å². The Morgan fingerprint density at radius 3 is 2.07 bits per heavy atom. The SMILES string of the molecule is CCCCCCCCCCOC(=O)Nc1ccc2ccc3cccc4ccc1c2c34. The van der Waals surface area contributed by atoms with Gasteiger partial charge in [-0.25, -0.2) is 4.79 Å². The van der Waals surface area contributed by atoms with Gasteiger partial charge in [0.05, 0.1) is 12.3 Å². The van der Waals surface area contributed by atoms with Gasteiger partial charge >= 0.3 is 6.09 Å². The third-order valence-electron chi connectivity index (χ3n) is 6.00. The van der Waals surface area contributed by atoms with Gasteiger partial charge in [0.15, 0.2) is 0 Å². The van der Waals surface area contributed by atoms with Gasteiger partial charge in [0.25, 0.3) is 0 Å². The smallest absolute Gasteiger partial charge is 0.411 e. The van der Waals surface area contributed by atoms with E-state index in [0.29, 0.717) is 6.61 Å². The van der Waals surface area contributed by atoms with Crippen LogP contribution in [0.2, 0.25) is 0 Å². The molecule has 4 aromatic carbocycles. The van der Waals surface area contributed by atoms with E-state index in [2.05, 4.69) is 60.8 Å². The van der Waals surface area contributed by atoms with Gasteiger partial charge < -0.3 is 4.74 Å². The Balaban J connectivity index is 1.35. The minimum atomic E-state index is -0.368. The van der Waals surface area contributed by atoms with E-state index in [1.165, 1.54) is 65.5 Å². The lowest BCUT2D eigenvalue weighted by Gasteiger charge is -2.14. The van der Waals surface area contributed by atoms with Crippen LogP contribution in [0.3, 0.4) is 0 Å². The van der Waals surface area contributed by atoms with E-state index >= 15 is 0 Å². The van der Waals surface area contributed by atoms with E-state index < -0.39 is 0 Å². The molecule has 0 bridgehead atoms. The van der Waals surface area contributed by atoms with Crippen molar-refractivity contribution in [1.82, 2.24) is 0 Å². The topological polar surface area (TPSA) is 38.3 Å². The summed E-state index contributed by atoms with van der Waals surface area (Å²) >= 11 is 0. The van der Waals surface area contributed by atoms with E-state index in [0.717, 1.165) is 23.9 Å². The Kier molecular flexibility index (Phi) is 6.68. The lowest BCUT2D eigenvalue weighted by atomic mass is 9.93. The summed E-state index contributed by atoms with van der Waals surface area (Å²) in [7, 11) is 0. The number of anilines is 1. The summed E-state index contributed by atoms with van der Waals surface area (Å²) in [6.45, 7) is 2.72. The standard InChI is InChI=1S/C27H31NO2/c1-2-3-4-5-6-7-8-9-19-30-27(29)28-24-18-16-22-14-13-20-11-10-12-21-15-17-23(24)26(22)25(20)21/h10-18H,2-9,19H2,1H3,(H,28,29). The number of hydrogen-bond donors (Lipinski definition) is 1. The van der Waals surface area contributed by atoms with Crippen molar-refractivity contribution in [2.24, 2.45) is 0 Å². The van der Waals surface area contributed by atoms with Crippen LogP contribution < -0.4 is 5.32 Å². The number of benzene rings is 4. The Morgan fingerprint density at radius 1 is 0.733 bits per heavy atom. The lowest BCUT2D eigenvalue weighted by molar-refractivity contribution is 0.159. The van der Waals surface area contributed by atoms with Gasteiger partial charge in [-0.05, 0) is 39.4 Å². The van der Waals surface area contributed by atoms with Crippen LogP contribution in [0.25, 0.3) is 32.3 Å². The Morgan fingerprint density at radius 2 is 1.33 bits per heavy atom. The number of unbranched alkanes of at least 4 members (excludes halogenated alkanes) is 7. The van der Waals surface area contributed by atoms with Crippen LogP contribution in [0.5, 0.6) is 0 Å². The van der Waals surface area contributed by atoms with Gasteiger partial charge in [0, 0.05) is 5.39 Å². The van der Waals surface area contributed by atoms with Crippen molar-refractivity contribution in [2.75, 3.05) is 11.9 Å². The maximum absolute atomic E-state index is 12.3. The number of ether oxygens (including phenoxy) is 1. The molecule has 4 aromatic rings. The van der Waals surface area contributed by atoms with Crippen molar-refractivity contribution in [2.45, 2.75) is 58.3 Å². The van der Waals surface area contributed by atoms with Crippen LogP contribution in [-0.4, -0.2) is 12.7 Å². The summed E-state index contributed by atoms with van der Waals surface area (Å²) in [5.41, 5.74) is 0.807. The van der Waals surface area contributed by atoms with Crippen LogP contribution in [0.1, 0.15) is 58.3 Å². The number of rotatable bonds is 10. The number of carbonyl (C=O) groups is 1. The first kappa shape index (κ1) is 20.5. The number of carbonyl (C=O) groups excluding carboxylic acids is 1. The molecule has 0 atom stereocenters. The van der Waals surface area contributed by atoms with E-state index in [-0.39, 0.29) is 6.09 Å². The summed E-state index contributed by atoms with van der Waals surface area (Å²) in [5.74, 6) is 0. The van der Waals surface area contributed by atoms with E-state index in [1.807, 2.05) is 6.07 Å². The highest BCUT2D eigenvalue weighted by Crippen LogP contribution is 2.37. The van der Waals surface area contributed by atoms with Crippen LogP contribution >= 0.6 is 0 Å². The average Bonchev–Trinajstić information content (AvgIpc) is 2.77. The second kappa shape index (κ2) is 9.80. The molecule has 0 aliphatic rings. The molecule has 30 heavy (non-hydrogen) atoms. The highest BCUT2D eigenvalue weighted by Gasteiger charge is 2.12. The monoisotopic (exact) mass is 401 g/mol. The largest absolute Gasteiger partial charge is 0.449 e. The fourth-order valence-electron chi connectivity index (χ4n) is 4.39. The Hall–Kier alpha value is -2.81. The molecule has 0 fully saturated rings. The second-order valence-electron chi connectivity index (χ2n) is 8.20. The molecular formula is C27H31NO2. The van der Waals surface area contributed by atoms with Crippen LogP contribution in [0, 0.1) is 0 Å². The molecule has 0 saturated carbocycles. The minimum Gasteiger partial charge on any atom is -0.449 e.